The van der Waals surface area contributed by atoms with E-state index in [0.717, 1.165) is 0 Å². The van der Waals surface area contributed by atoms with Crippen molar-refractivity contribution in [1.82, 2.24) is 15.1 Å². The molecule has 0 atom stereocenters. The molecule has 1 aromatic carbocycles. The molecule has 1 aromatic heterocycles. The van der Waals surface area contributed by atoms with Crippen LogP contribution in [0.1, 0.15) is 0 Å². The summed E-state index contributed by atoms with van der Waals surface area (Å²) in [5, 5.41) is 8.76. The normalized spacial score (nSPS) is 10.3. The monoisotopic (exact) mass is 349 g/mol. The first-order chi connectivity index (χ1) is 11.2. The van der Waals surface area contributed by atoms with Crippen LogP contribution in [0.4, 0.5) is 0 Å². The maximum Gasteiger partial charge on any atom is 0.277 e. The molecular weight excluding hydrogens is 334 g/mol. The van der Waals surface area contributed by atoms with Crippen molar-refractivity contribution in [2.75, 3.05) is 18.8 Å². The summed E-state index contributed by atoms with van der Waals surface area (Å²) in [5.41, 5.74) is 0.666. The highest BCUT2D eigenvalue weighted by Gasteiger charge is 2.15. The minimum Gasteiger partial charge on any atom is -0.411 e. The quantitative estimate of drug-likeness (QED) is 0.537. The van der Waals surface area contributed by atoms with Gasteiger partial charge in [0, 0.05) is 13.1 Å². The number of amides is 1. The van der Waals surface area contributed by atoms with Crippen LogP contribution < -0.4 is 0 Å². The lowest BCUT2D eigenvalue weighted by atomic mass is 10.2. The van der Waals surface area contributed by atoms with Crippen LogP contribution in [0.25, 0.3) is 11.5 Å². The number of thioether (sulfide) groups is 1. The Labute approximate surface area is 144 Å². The lowest BCUT2D eigenvalue weighted by Gasteiger charge is -2.18. The molecule has 23 heavy (non-hydrogen) atoms. The maximum absolute atomic E-state index is 12.1. The Morgan fingerprint density at radius 3 is 2.61 bits per heavy atom. The molecule has 7 heteroatoms. The van der Waals surface area contributed by atoms with E-state index in [4.69, 9.17) is 16.0 Å². The lowest BCUT2D eigenvalue weighted by molar-refractivity contribution is -0.127. The van der Waals surface area contributed by atoms with Gasteiger partial charge in [-0.05, 0) is 12.1 Å². The Bertz CT molecular complexity index is 692. The summed E-state index contributed by atoms with van der Waals surface area (Å²) in [5.74, 6) is 0.484. The minimum absolute atomic E-state index is 0.0488. The molecule has 1 heterocycles. The van der Waals surface area contributed by atoms with E-state index in [1.54, 1.807) is 29.2 Å². The number of benzene rings is 1. The zero-order valence-corrected chi connectivity index (χ0v) is 14.0. The van der Waals surface area contributed by atoms with Crippen molar-refractivity contribution >= 4 is 29.3 Å². The van der Waals surface area contributed by atoms with Crippen LogP contribution in [0.3, 0.4) is 0 Å². The molecule has 5 nitrogen and oxygen atoms in total. The second-order valence-electron chi connectivity index (χ2n) is 4.52. The van der Waals surface area contributed by atoms with Crippen molar-refractivity contribution in [3.8, 4) is 11.5 Å². The Balaban J connectivity index is 1.99. The Morgan fingerprint density at radius 1 is 1.26 bits per heavy atom. The number of carbonyl (C=O) groups is 1. The molecule has 120 valence electrons. The van der Waals surface area contributed by atoms with Gasteiger partial charge in [-0.15, -0.1) is 23.4 Å². The molecule has 0 spiro atoms. The lowest BCUT2D eigenvalue weighted by Crippen LogP contribution is -2.32. The minimum atomic E-state index is -0.0488. The molecule has 1 amide bonds. The molecule has 0 bridgehead atoms. The summed E-state index contributed by atoms with van der Waals surface area (Å²) in [6.07, 6.45) is 3.35. The van der Waals surface area contributed by atoms with E-state index in [9.17, 15) is 4.79 Å². The van der Waals surface area contributed by atoms with Crippen LogP contribution in [0.5, 0.6) is 0 Å². The van der Waals surface area contributed by atoms with E-state index < -0.39 is 0 Å². The molecular formula is C16H16ClN3O2S. The number of nitrogens with zero attached hydrogens (tertiary/aromatic N) is 3. The number of carbonyl (C=O) groups excluding carboxylic acids is 1. The molecule has 0 aliphatic rings. The molecule has 0 aliphatic heterocycles. The number of hydrogen-bond acceptors (Lipinski definition) is 5. The zero-order chi connectivity index (χ0) is 16.7. The molecule has 0 N–H and O–H groups in total. The van der Waals surface area contributed by atoms with E-state index in [-0.39, 0.29) is 11.7 Å². The highest BCUT2D eigenvalue weighted by atomic mass is 35.5. The Morgan fingerprint density at radius 2 is 1.96 bits per heavy atom. The van der Waals surface area contributed by atoms with E-state index in [0.29, 0.717) is 34.8 Å². The molecule has 0 aliphatic carbocycles. The second kappa shape index (κ2) is 8.55. The Hall–Kier alpha value is -2.05. The molecule has 0 radical (unpaired) electrons. The largest absolute Gasteiger partial charge is 0.411 e. The van der Waals surface area contributed by atoms with E-state index in [2.05, 4.69) is 23.4 Å². The van der Waals surface area contributed by atoms with Crippen LogP contribution in [-0.4, -0.2) is 39.8 Å². The number of halogens is 1. The highest BCUT2D eigenvalue weighted by Crippen LogP contribution is 2.28. The smallest absolute Gasteiger partial charge is 0.277 e. The molecule has 0 unspecified atom stereocenters. The van der Waals surface area contributed by atoms with Crippen molar-refractivity contribution in [1.29, 1.82) is 0 Å². The first-order valence-corrected chi connectivity index (χ1v) is 8.22. The van der Waals surface area contributed by atoms with Gasteiger partial charge in [-0.3, -0.25) is 4.79 Å². The van der Waals surface area contributed by atoms with Crippen LogP contribution in [-0.2, 0) is 4.79 Å². The predicted molar refractivity (Wildman–Crippen MR) is 92.4 cm³/mol. The molecule has 0 saturated carbocycles. The van der Waals surface area contributed by atoms with Crippen LogP contribution in [0.15, 0.2) is 59.2 Å². The van der Waals surface area contributed by atoms with Gasteiger partial charge in [0.15, 0.2) is 0 Å². The van der Waals surface area contributed by atoms with Crippen molar-refractivity contribution in [2.24, 2.45) is 0 Å². The van der Waals surface area contributed by atoms with Gasteiger partial charge >= 0.3 is 0 Å². The first-order valence-electron chi connectivity index (χ1n) is 6.86. The average molecular weight is 350 g/mol. The number of aromatic nitrogens is 2. The first kappa shape index (κ1) is 17.3. The van der Waals surface area contributed by atoms with Crippen molar-refractivity contribution in [3.63, 3.8) is 0 Å². The maximum atomic E-state index is 12.1. The third-order valence-corrected chi connectivity index (χ3v) is 4.01. The standard InChI is InChI=1S/C16H16ClN3O2S/c1-3-9-20(10-4-2)14(21)11-23-16-19-18-15(22-16)12-7-5-6-8-13(12)17/h3-8H,1-2,9-11H2. The zero-order valence-electron chi connectivity index (χ0n) is 12.4. The van der Waals surface area contributed by atoms with Gasteiger partial charge in [-0.2, -0.15) is 0 Å². The van der Waals surface area contributed by atoms with Gasteiger partial charge < -0.3 is 9.32 Å². The van der Waals surface area contributed by atoms with E-state index in [1.165, 1.54) is 11.8 Å². The third kappa shape index (κ3) is 4.71. The van der Waals surface area contributed by atoms with Gasteiger partial charge in [0.1, 0.15) is 0 Å². The van der Waals surface area contributed by atoms with Gasteiger partial charge in [0.25, 0.3) is 5.22 Å². The van der Waals surface area contributed by atoms with Crippen LogP contribution in [0, 0.1) is 0 Å². The molecule has 0 fully saturated rings. The number of rotatable bonds is 8. The van der Waals surface area contributed by atoms with Gasteiger partial charge in [-0.25, -0.2) is 0 Å². The number of hydrogen-bond donors (Lipinski definition) is 0. The highest BCUT2D eigenvalue weighted by molar-refractivity contribution is 7.99. The van der Waals surface area contributed by atoms with E-state index in [1.807, 2.05) is 12.1 Å². The Kier molecular flexibility index (Phi) is 6.43. The van der Waals surface area contributed by atoms with Gasteiger partial charge in [-0.1, -0.05) is 47.6 Å². The second-order valence-corrected chi connectivity index (χ2v) is 5.85. The molecule has 2 rings (SSSR count). The topological polar surface area (TPSA) is 59.2 Å². The van der Waals surface area contributed by atoms with E-state index >= 15 is 0 Å². The average Bonchev–Trinajstić information content (AvgIpc) is 3.01. The summed E-state index contributed by atoms with van der Waals surface area (Å²) in [6.45, 7) is 8.23. The predicted octanol–water partition coefficient (Wildman–Crippen LogP) is 3.68. The fraction of sp³-hybridized carbons (Fsp3) is 0.188. The summed E-state index contributed by atoms with van der Waals surface area (Å²) < 4.78 is 5.55. The third-order valence-electron chi connectivity index (χ3n) is 2.88. The van der Waals surface area contributed by atoms with Crippen molar-refractivity contribution in [2.45, 2.75) is 5.22 Å². The van der Waals surface area contributed by atoms with Crippen LogP contribution >= 0.6 is 23.4 Å². The fourth-order valence-corrected chi connectivity index (χ4v) is 2.70. The summed E-state index contributed by atoms with van der Waals surface area (Å²) in [6, 6.07) is 7.21. The molecule has 2 aromatic rings. The summed E-state index contributed by atoms with van der Waals surface area (Å²) >= 11 is 7.28. The SMILES string of the molecule is C=CCN(CC=C)C(=O)CSc1nnc(-c2ccccc2Cl)o1. The van der Waals surface area contributed by atoms with Crippen molar-refractivity contribution in [3.05, 3.63) is 54.6 Å². The van der Waals surface area contributed by atoms with Crippen molar-refractivity contribution < 1.29 is 9.21 Å². The van der Waals surface area contributed by atoms with Gasteiger partial charge in [0.05, 0.1) is 16.3 Å². The fourth-order valence-electron chi connectivity index (χ4n) is 1.82. The van der Waals surface area contributed by atoms with Gasteiger partial charge in [0.2, 0.25) is 11.8 Å². The molecule has 0 saturated heterocycles. The summed E-state index contributed by atoms with van der Waals surface area (Å²) in [4.78, 5) is 13.8. The van der Waals surface area contributed by atoms with Crippen LogP contribution in [0.2, 0.25) is 5.02 Å². The summed E-state index contributed by atoms with van der Waals surface area (Å²) in [7, 11) is 0.